The second-order valence-corrected chi connectivity index (χ2v) is 7.54. The summed E-state index contributed by atoms with van der Waals surface area (Å²) >= 11 is 0. The van der Waals surface area contributed by atoms with Gasteiger partial charge in [-0.2, -0.15) is 23.3 Å². The molecule has 1 aromatic carbocycles. The Morgan fingerprint density at radius 1 is 1.25 bits per heavy atom. The van der Waals surface area contributed by atoms with Crippen LogP contribution in [0.25, 0.3) is 0 Å². The standard InChI is InChI=1S/C19H24F3N5O/c1-28-15-4-2-3-13(9-15)11-26-7-5-14(6-8-26)16-10-17(19(20,21)22)27-18(25-16)23-12-24-27/h2-4,9,12,14,16-17H,5-8,10-11H2,1H3,(H,23,24,25)/t16-,17+/m0/s1. The van der Waals surface area contributed by atoms with Crippen LogP contribution >= 0.6 is 0 Å². The van der Waals surface area contributed by atoms with Gasteiger partial charge in [0.1, 0.15) is 12.1 Å². The van der Waals surface area contributed by atoms with Crippen LogP contribution in [0, 0.1) is 5.92 Å². The van der Waals surface area contributed by atoms with Crippen molar-refractivity contribution in [3.63, 3.8) is 0 Å². The van der Waals surface area contributed by atoms with E-state index in [4.69, 9.17) is 4.74 Å². The van der Waals surface area contributed by atoms with E-state index in [1.54, 1.807) is 7.11 Å². The average molecular weight is 395 g/mol. The summed E-state index contributed by atoms with van der Waals surface area (Å²) in [6, 6.07) is 6.14. The Morgan fingerprint density at radius 2 is 2.04 bits per heavy atom. The number of alkyl halides is 3. The fourth-order valence-corrected chi connectivity index (χ4v) is 4.27. The number of nitrogens with one attached hydrogen (secondary N) is 1. The van der Waals surface area contributed by atoms with Crippen LogP contribution in [0.4, 0.5) is 19.1 Å². The summed E-state index contributed by atoms with van der Waals surface area (Å²) in [5.74, 6) is 1.25. The Hall–Kier alpha value is -2.29. The third-order valence-electron chi connectivity index (χ3n) is 5.78. The number of rotatable bonds is 4. The summed E-state index contributed by atoms with van der Waals surface area (Å²) < 4.78 is 46.6. The topological polar surface area (TPSA) is 55.2 Å². The molecule has 1 N–H and O–H groups in total. The normalized spacial score (nSPS) is 23.9. The fraction of sp³-hybridized carbons (Fsp3) is 0.579. The molecule has 3 heterocycles. The van der Waals surface area contributed by atoms with Gasteiger partial charge in [-0.3, -0.25) is 4.90 Å². The van der Waals surface area contributed by atoms with Gasteiger partial charge in [0.05, 0.1) is 7.11 Å². The Labute approximate surface area is 161 Å². The molecular formula is C19H24F3N5O. The zero-order valence-electron chi connectivity index (χ0n) is 15.7. The van der Waals surface area contributed by atoms with Crippen LogP contribution in [0.5, 0.6) is 5.75 Å². The average Bonchev–Trinajstić information content (AvgIpc) is 3.16. The molecule has 0 unspecified atom stereocenters. The lowest BCUT2D eigenvalue weighted by Gasteiger charge is -2.40. The van der Waals surface area contributed by atoms with Crippen molar-refractivity contribution in [1.82, 2.24) is 19.7 Å². The minimum atomic E-state index is -4.32. The summed E-state index contributed by atoms with van der Waals surface area (Å²) in [7, 11) is 1.65. The third kappa shape index (κ3) is 3.94. The summed E-state index contributed by atoms with van der Waals surface area (Å²) in [5.41, 5.74) is 1.18. The molecule has 1 fully saturated rings. The van der Waals surface area contributed by atoms with E-state index < -0.39 is 12.2 Å². The van der Waals surface area contributed by atoms with Crippen molar-refractivity contribution in [2.24, 2.45) is 5.92 Å². The quantitative estimate of drug-likeness (QED) is 0.859. The lowest BCUT2D eigenvalue weighted by atomic mass is 9.85. The van der Waals surface area contributed by atoms with Gasteiger partial charge in [0.15, 0.2) is 6.04 Å². The predicted octanol–water partition coefficient (Wildman–Crippen LogP) is 3.49. The molecule has 2 aliphatic heterocycles. The van der Waals surface area contributed by atoms with Crippen molar-refractivity contribution < 1.29 is 17.9 Å². The fourth-order valence-electron chi connectivity index (χ4n) is 4.27. The van der Waals surface area contributed by atoms with Crippen LogP contribution in [0.2, 0.25) is 0 Å². The van der Waals surface area contributed by atoms with Gasteiger partial charge in [0.2, 0.25) is 5.95 Å². The minimum absolute atomic E-state index is 0.000408. The molecule has 1 saturated heterocycles. The van der Waals surface area contributed by atoms with E-state index in [1.165, 1.54) is 11.9 Å². The number of likely N-dealkylation sites (tertiary alicyclic amines) is 1. The summed E-state index contributed by atoms with van der Waals surface area (Å²) in [4.78, 5) is 6.32. The van der Waals surface area contributed by atoms with E-state index in [1.807, 2.05) is 18.2 Å². The lowest BCUT2D eigenvalue weighted by molar-refractivity contribution is -0.174. The number of piperidine rings is 1. The van der Waals surface area contributed by atoms with Crippen molar-refractivity contribution >= 4 is 5.95 Å². The first-order chi connectivity index (χ1) is 13.4. The van der Waals surface area contributed by atoms with Gasteiger partial charge in [0, 0.05) is 12.6 Å². The van der Waals surface area contributed by atoms with Crippen molar-refractivity contribution in [1.29, 1.82) is 0 Å². The maximum absolute atomic E-state index is 13.5. The van der Waals surface area contributed by atoms with Gasteiger partial charge in [0.25, 0.3) is 0 Å². The molecule has 2 atom stereocenters. The second kappa shape index (κ2) is 7.62. The van der Waals surface area contributed by atoms with Crippen LogP contribution in [0.3, 0.4) is 0 Å². The molecule has 2 aromatic rings. The predicted molar refractivity (Wildman–Crippen MR) is 98.1 cm³/mol. The molecule has 0 amide bonds. The highest BCUT2D eigenvalue weighted by molar-refractivity contribution is 5.30. The van der Waals surface area contributed by atoms with Gasteiger partial charge in [-0.05, 0) is 56.0 Å². The number of nitrogens with zero attached hydrogens (tertiary/aromatic N) is 4. The first-order valence-electron chi connectivity index (χ1n) is 9.52. The summed E-state index contributed by atoms with van der Waals surface area (Å²) in [5, 5.41) is 6.94. The van der Waals surface area contributed by atoms with Crippen molar-refractivity contribution in [3.8, 4) is 5.75 Å². The molecule has 6 nitrogen and oxygen atoms in total. The van der Waals surface area contributed by atoms with E-state index in [-0.39, 0.29) is 24.3 Å². The Kier molecular flexibility index (Phi) is 5.18. The smallest absolute Gasteiger partial charge is 0.411 e. The van der Waals surface area contributed by atoms with E-state index in [0.717, 1.165) is 42.9 Å². The van der Waals surface area contributed by atoms with Crippen LogP contribution in [0.15, 0.2) is 30.6 Å². The minimum Gasteiger partial charge on any atom is -0.497 e. The van der Waals surface area contributed by atoms with Crippen LogP contribution in [-0.4, -0.2) is 52.1 Å². The first kappa shape index (κ1) is 19.0. The molecule has 1 aromatic heterocycles. The summed E-state index contributed by atoms with van der Waals surface area (Å²) in [6.45, 7) is 2.55. The van der Waals surface area contributed by atoms with Gasteiger partial charge in [-0.25, -0.2) is 4.68 Å². The Bertz CT molecular complexity index is 801. The number of fused-ring (bicyclic) bond motifs is 1. The molecular weight excluding hydrogens is 371 g/mol. The molecule has 28 heavy (non-hydrogen) atoms. The number of halogens is 3. The Morgan fingerprint density at radius 3 is 2.75 bits per heavy atom. The zero-order chi connectivity index (χ0) is 19.7. The first-order valence-corrected chi connectivity index (χ1v) is 9.52. The molecule has 152 valence electrons. The van der Waals surface area contributed by atoms with Gasteiger partial charge < -0.3 is 10.1 Å². The largest absolute Gasteiger partial charge is 0.497 e. The number of aromatic nitrogens is 3. The highest BCUT2D eigenvalue weighted by atomic mass is 19.4. The molecule has 0 aliphatic carbocycles. The van der Waals surface area contributed by atoms with E-state index in [2.05, 4.69) is 26.4 Å². The number of ether oxygens (including phenoxy) is 1. The van der Waals surface area contributed by atoms with Crippen molar-refractivity contribution in [2.45, 2.75) is 44.1 Å². The van der Waals surface area contributed by atoms with Gasteiger partial charge >= 0.3 is 6.18 Å². The summed E-state index contributed by atoms with van der Waals surface area (Å²) in [6.07, 6.45) is -1.42. The van der Waals surface area contributed by atoms with Crippen molar-refractivity contribution in [2.75, 3.05) is 25.5 Å². The zero-order valence-corrected chi connectivity index (χ0v) is 15.7. The number of hydrogen-bond acceptors (Lipinski definition) is 5. The molecule has 0 radical (unpaired) electrons. The lowest BCUT2D eigenvalue weighted by Crippen LogP contribution is -2.46. The maximum atomic E-state index is 13.5. The highest BCUT2D eigenvalue weighted by Gasteiger charge is 2.47. The number of hydrogen-bond donors (Lipinski definition) is 1. The third-order valence-corrected chi connectivity index (χ3v) is 5.78. The van der Waals surface area contributed by atoms with Gasteiger partial charge in [-0.15, -0.1) is 0 Å². The van der Waals surface area contributed by atoms with Crippen molar-refractivity contribution in [3.05, 3.63) is 36.2 Å². The van der Waals surface area contributed by atoms with Crippen LogP contribution in [-0.2, 0) is 6.54 Å². The maximum Gasteiger partial charge on any atom is 0.411 e. The molecule has 2 aliphatic rings. The number of benzene rings is 1. The SMILES string of the molecule is COc1cccc(CN2CCC([C@@H]3C[C@H](C(F)(F)F)n4ncnc4N3)CC2)c1. The van der Waals surface area contributed by atoms with Gasteiger partial charge in [-0.1, -0.05) is 12.1 Å². The second-order valence-electron chi connectivity index (χ2n) is 7.54. The van der Waals surface area contributed by atoms with E-state index in [9.17, 15) is 13.2 Å². The molecule has 9 heteroatoms. The number of methoxy groups -OCH3 is 1. The molecule has 4 rings (SSSR count). The Balaban J connectivity index is 1.37. The number of anilines is 1. The van der Waals surface area contributed by atoms with Crippen LogP contribution < -0.4 is 10.1 Å². The van der Waals surface area contributed by atoms with Crippen LogP contribution in [0.1, 0.15) is 30.9 Å². The monoisotopic (exact) mass is 395 g/mol. The molecule has 0 spiro atoms. The molecule has 0 bridgehead atoms. The van der Waals surface area contributed by atoms with E-state index in [0.29, 0.717) is 0 Å². The highest BCUT2D eigenvalue weighted by Crippen LogP contribution is 2.41. The van der Waals surface area contributed by atoms with E-state index >= 15 is 0 Å². The molecule has 0 saturated carbocycles.